The molecule has 4 nitrogen and oxygen atoms in total. The number of nitrogens with two attached hydrogens (primary N) is 1. The van der Waals surface area contributed by atoms with E-state index in [9.17, 15) is 0 Å². The number of rotatable bonds is 0. The van der Waals surface area contributed by atoms with Crippen molar-refractivity contribution in [3.63, 3.8) is 0 Å². The van der Waals surface area contributed by atoms with Crippen LogP contribution in [-0.4, -0.2) is 16.4 Å². The lowest BCUT2D eigenvalue weighted by Crippen LogP contribution is -1.82. The summed E-state index contributed by atoms with van der Waals surface area (Å²) < 4.78 is 0. The molecule has 0 fully saturated rings. The Labute approximate surface area is 46.7 Å². The molecule has 1 rings (SSSR count). The smallest absolute Gasteiger partial charge is 0.204 e. The number of hydrogen-bond donors (Lipinski definition) is 2. The number of imidazole rings is 1. The average Bonchev–Trinajstić information content (AvgIpc) is 2.17. The van der Waals surface area contributed by atoms with Gasteiger partial charge in [-0.15, -0.1) is 0 Å². The third kappa shape index (κ3) is 4.68. The van der Waals surface area contributed by atoms with E-state index >= 15 is 0 Å². The maximum Gasteiger partial charge on any atom is 0.204 e. The quantitative estimate of drug-likeness (QED) is 0.445. The molecule has 1 aromatic rings. The minimum absolute atomic E-state index is 0.250. The molecule has 3 N–H and O–H groups in total. The van der Waals surface area contributed by atoms with Crippen LogP contribution in [0.15, 0.2) is 18.7 Å². The van der Waals surface area contributed by atoms with E-state index in [4.69, 9.17) is 4.79 Å². The maximum atomic E-state index is 8.58. The molecule has 0 atom stereocenters. The van der Waals surface area contributed by atoms with Crippen LogP contribution in [0, 0.1) is 0 Å². The van der Waals surface area contributed by atoms with Crippen molar-refractivity contribution in [2.75, 3.05) is 0 Å². The van der Waals surface area contributed by atoms with Crippen molar-refractivity contribution in [2.45, 2.75) is 0 Å². The van der Waals surface area contributed by atoms with Crippen LogP contribution in [-0.2, 0) is 4.79 Å². The SMILES string of the molecule is NC=O.c1c[nH]cn1. The zero-order chi connectivity index (χ0) is 6.24. The van der Waals surface area contributed by atoms with Crippen LogP contribution in [0.1, 0.15) is 0 Å². The highest BCUT2D eigenvalue weighted by atomic mass is 16.1. The third-order valence-electron chi connectivity index (χ3n) is 0.406. The molecule has 4 heteroatoms. The van der Waals surface area contributed by atoms with E-state index in [0.29, 0.717) is 0 Å². The molecule has 0 bridgehead atoms. The molecule has 1 heterocycles. The van der Waals surface area contributed by atoms with Crippen LogP contribution in [0.25, 0.3) is 0 Å². The minimum atomic E-state index is 0.250. The molecule has 0 radical (unpaired) electrons. The van der Waals surface area contributed by atoms with Gasteiger partial charge in [0.25, 0.3) is 0 Å². The fourth-order valence-corrected chi connectivity index (χ4v) is 0.215. The second-order valence-electron chi connectivity index (χ2n) is 0.897. The second-order valence-corrected chi connectivity index (χ2v) is 0.897. The predicted molar refractivity (Wildman–Crippen MR) is 28.8 cm³/mol. The lowest BCUT2D eigenvalue weighted by Gasteiger charge is -1.46. The van der Waals surface area contributed by atoms with Gasteiger partial charge < -0.3 is 10.7 Å². The highest BCUT2D eigenvalue weighted by molar-refractivity contribution is 5.42. The number of aromatic nitrogens is 2. The van der Waals surface area contributed by atoms with Crippen molar-refractivity contribution in [3.05, 3.63) is 18.7 Å². The van der Waals surface area contributed by atoms with Crippen LogP contribution < -0.4 is 5.73 Å². The predicted octanol–water partition coefficient (Wildman–Crippen LogP) is -0.489. The Balaban J connectivity index is 0.000000145. The average molecular weight is 113 g/mol. The number of aromatic amines is 1. The van der Waals surface area contributed by atoms with Gasteiger partial charge in [0, 0.05) is 12.4 Å². The highest BCUT2D eigenvalue weighted by Crippen LogP contribution is 1.62. The molecule has 0 saturated heterocycles. The molecule has 0 saturated carbocycles. The van der Waals surface area contributed by atoms with E-state index in [1.807, 2.05) is 0 Å². The van der Waals surface area contributed by atoms with Gasteiger partial charge >= 0.3 is 0 Å². The molecule has 0 unspecified atom stereocenters. The minimum Gasteiger partial charge on any atom is -0.372 e. The Morgan fingerprint density at radius 3 is 2.50 bits per heavy atom. The third-order valence-corrected chi connectivity index (χ3v) is 0.406. The van der Waals surface area contributed by atoms with Gasteiger partial charge in [-0.25, -0.2) is 4.98 Å². The summed E-state index contributed by atoms with van der Waals surface area (Å²) in [4.78, 5) is 15.0. The number of primary amides is 1. The van der Waals surface area contributed by atoms with Gasteiger partial charge in [-0.3, -0.25) is 4.79 Å². The van der Waals surface area contributed by atoms with E-state index in [1.165, 1.54) is 0 Å². The zero-order valence-electron chi connectivity index (χ0n) is 4.24. The standard InChI is InChI=1S/C3H4N2.CH3NO/c1-2-5-3-4-1;2-1-3/h1-3H,(H,4,5);1H,(H2,2,3). The van der Waals surface area contributed by atoms with E-state index < -0.39 is 0 Å². The molecular weight excluding hydrogens is 106 g/mol. The van der Waals surface area contributed by atoms with E-state index in [2.05, 4.69) is 15.7 Å². The summed E-state index contributed by atoms with van der Waals surface area (Å²) in [5.74, 6) is 0. The first-order valence-electron chi connectivity index (χ1n) is 2.00. The van der Waals surface area contributed by atoms with Crippen LogP contribution in [0.5, 0.6) is 0 Å². The summed E-state index contributed by atoms with van der Waals surface area (Å²) in [6, 6.07) is 0. The molecular formula is C4H7N3O. The summed E-state index contributed by atoms with van der Waals surface area (Å²) in [5.41, 5.74) is 4.17. The Kier molecular flexibility index (Phi) is 4.74. The van der Waals surface area contributed by atoms with Crippen molar-refractivity contribution in [1.82, 2.24) is 9.97 Å². The van der Waals surface area contributed by atoms with Gasteiger partial charge in [0.05, 0.1) is 6.33 Å². The number of carbonyl (C=O) groups excluding carboxylic acids is 1. The summed E-state index contributed by atoms with van der Waals surface area (Å²) in [7, 11) is 0. The monoisotopic (exact) mass is 113 g/mol. The number of nitrogens with zero attached hydrogens (tertiary/aromatic N) is 1. The Hall–Kier alpha value is -1.32. The molecule has 0 aliphatic heterocycles. The highest BCUT2D eigenvalue weighted by Gasteiger charge is 1.56. The van der Waals surface area contributed by atoms with Gasteiger partial charge in [0.1, 0.15) is 0 Å². The molecule has 0 aliphatic carbocycles. The van der Waals surface area contributed by atoms with Crippen molar-refractivity contribution >= 4 is 6.41 Å². The summed E-state index contributed by atoms with van der Waals surface area (Å²) >= 11 is 0. The van der Waals surface area contributed by atoms with Crippen LogP contribution >= 0.6 is 0 Å². The Bertz CT molecular complexity index is 97.6. The Morgan fingerprint density at radius 1 is 1.75 bits per heavy atom. The molecule has 44 valence electrons. The summed E-state index contributed by atoms with van der Waals surface area (Å²) in [6.45, 7) is 0. The van der Waals surface area contributed by atoms with Gasteiger partial charge in [0.15, 0.2) is 0 Å². The second kappa shape index (κ2) is 5.68. The lowest BCUT2D eigenvalue weighted by atomic mass is 11.0. The normalized spacial score (nSPS) is 6.50. The molecule has 0 spiro atoms. The number of nitrogens with one attached hydrogen (secondary N) is 1. The molecule has 1 aromatic heterocycles. The first-order valence-corrected chi connectivity index (χ1v) is 2.00. The largest absolute Gasteiger partial charge is 0.372 e. The number of carbonyl (C=O) groups is 1. The first-order chi connectivity index (χ1) is 3.91. The summed E-state index contributed by atoms with van der Waals surface area (Å²) in [6.07, 6.45) is 5.33. The molecule has 0 aliphatic rings. The summed E-state index contributed by atoms with van der Waals surface area (Å²) in [5, 5.41) is 0. The molecule has 8 heavy (non-hydrogen) atoms. The van der Waals surface area contributed by atoms with Gasteiger partial charge in [0.2, 0.25) is 6.41 Å². The van der Waals surface area contributed by atoms with Crippen molar-refractivity contribution < 1.29 is 4.79 Å². The fraction of sp³-hybridized carbons (Fsp3) is 0. The molecule has 0 aromatic carbocycles. The van der Waals surface area contributed by atoms with E-state index in [1.54, 1.807) is 18.7 Å². The first kappa shape index (κ1) is 6.68. The van der Waals surface area contributed by atoms with Crippen LogP contribution in [0.3, 0.4) is 0 Å². The number of H-pyrrole nitrogens is 1. The van der Waals surface area contributed by atoms with Gasteiger partial charge in [-0.1, -0.05) is 0 Å². The zero-order valence-corrected chi connectivity index (χ0v) is 4.24. The van der Waals surface area contributed by atoms with Gasteiger partial charge in [-0.2, -0.15) is 0 Å². The van der Waals surface area contributed by atoms with E-state index in [0.717, 1.165) is 0 Å². The van der Waals surface area contributed by atoms with Crippen LogP contribution in [0.2, 0.25) is 0 Å². The maximum absolute atomic E-state index is 8.58. The van der Waals surface area contributed by atoms with Crippen molar-refractivity contribution in [2.24, 2.45) is 5.73 Å². The number of hydrogen-bond acceptors (Lipinski definition) is 2. The molecule has 1 amide bonds. The van der Waals surface area contributed by atoms with Crippen molar-refractivity contribution in [1.29, 1.82) is 0 Å². The topological polar surface area (TPSA) is 71.8 Å². The van der Waals surface area contributed by atoms with Crippen molar-refractivity contribution in [3.8, 4) is 0 Å². The fourth-order valence-electron chi connectivity index (χ4n) is 0.215. The lowest BCUT2D eigenvalue weighted by molar-refractivity contribution is -0.106. The Morgan fingerprint density at radius 2 is 2.38 bits per heavy atom. The number of amides is 1. The van der Waals surface area contributed by atoms with E-state index in [-0.39, 0.29) is 6.41 Å². The van der Waals surface area contributed by atoms with Crippen LogP contribution in [0.4, 0.5) is 0 Å². The van der Waals surface area contributed by atoms with Gasteiger partial charge in [-0.05, 0) is 0 Å².